The Morgan fingerprint density at radius 1 is 1.00 bits per heavy atom. The second kappa shape index (κ2) is 13.3. The average molecular weight is 582 g/mol. The molecule has 1 aliphatic rings. The highest BCUT2D eigenvalue weighted by molar-refractivity contribution is 6.04. The van der Waals surface area contributed by atoms with Gasteiger partial charge in [-0.15, -0.1) is 0 Å². The number of anilines is 3. The molecule has 4 N–H and O–H groups in total. The minimum atomic E-state index is -0.644. The molecule has 12 heteroatoms. The van der Waals surface area contributed by atoms with Gasteiger partial charge in [-0.1, -0.05) is 13.0 Å². The van der Waals surface area contributed by atoms with Crippen molar-refractivity contribution in [2.45, 2.75) is 26.0 Å². The van der Waals surface area contributed by atoms with E-state index in [2.05, 4.69) is 16.0 Å². The van der Waals surface area contributed by atoms with E-state index in [4.69, 9.17) is 4.74 Å². The molecule has 4 rings (SSSR count). The first-order valence-corrected chi connectivity index (χ1v) is 13.4. The predicted octanol–water partition coefficient (Wildman–Crippen LogP) is 4.99. The number of halogens is 2. The molecule has 1 heterocycles. The van der Waals surface area contributed by atoms with Crippen molar-refractivity contribution in [3.8, 4) is 5.75 Å². The van der Waals surface area contributed by atoms with Gasteiger partial charge in [0.2, 0.25) is 0 Å². The summed E-state index contributed by atoms with van der Waals surface area (Å²) in [5, 5.41) is 17.9. The summed E-state index contributed by atoms with van der Waals surface area (Å²) >= 11 is 0. The Labute approximate surface area is 242 Å². The molecule has 0 saturated carbocycles. The molecule has 10 nitrogen and oxygen atoms in total. The second-order valence-electron chi connectivity index (χ2n) is 10.2. The number of fused-ring (bicyclic) bond motifs is 1. The van der Waals surface area contributed by atoms with Gasteiger partial charge in [0.15, 0.2) is 5.75 Å². The zero-order valence-electron chi connectivity index (χ0n) is 23.4. The van der Waals surface area contributed by atoms with Crippen LogP contribution >= 0.6 is 0 Å². The Morgan fingerprint density at radius 3 is 2.19 bits per heavy atom. The van der Waals surface area contributed by atoms with Crippen LogP contribution in [0.3, 0.4) is 0 Å². The molecule has 42 heavy (non-hydrogen) atoms. The van der Waals surface area contributed by atoms with Crippen LogP contribution in [0.4, 0.5) is 35.4 Å². The molecule has 1 aliphatic heterocycles. The summed E-state index contributed by atoms with van der Waals surface area (Å²) in [6.45, 7) is 3.66. The number of para-hydroxylation sites is 1. The van der Waals surface area contributed by atoms with Crippen LogP contribution in [0.2, 0.25) is 0 Å². The first kappa shape index (κ1) is 30.3. The second-order valence-corrected chi connectivity index (χ2v) is 10.2. The highest BCUT2D eigenvalue weighted by atomic mass is 19.1. The molecule has 0 aromatic heterocycles. The van der Waals surface area contributed by atoms with Crippen LogP contribution in [0, 0.1) is 17.6 Å². The van der Waals surface area contributed by atoms with E-state index < -0.39 is 35.8 Å². The van der Waals surface area contributed by atoms with Crippen LogP contribution in [0.25, 0.3) is 0 Å². The largest absolute Gasteiger partial charge is 0.485 e. The van der Waals surface area contributed by atoms with Crippen molar-refractivity contribution in [2.75, 3.05) is 42.7 Å². The molecule has 3 atom stereocenters. The van der Waals surface area contributed by atoms with Gasteiger partial charge in [-0.2, -0.15) is 0 Å². The van der Waals surface area contributed by atoms with E-state index in [0.29, 0.717) is 11.4 Å². The first-order chi connectivity index (χ1) is 20.0. The van der Waals surface area contributed by atoms with Crippen molar-refractivity contribution in [1.82, 2.24) is 9.80 Å². The number of carbonyl (C=O) groups excluding carboxylic acids is 3. The number of aliphatic hydroxyl groups is 1. The molecule has 0 aliphatic carbocycles. The number of carbonyl (C=O) groups is 3. The van der Waals surface area contributed by atoms with Gasteiger partial charge in [0.25, 0.3) is 5.91 Å². The van der Waals surface area contributed by atoms with E-state index in [1.54, 1.807) is 37.1 Å². The fraction of sp³-hybridized carbons (Fsp3) is 0.300. The summed E-state index contributed by atoms with van der Waals surface area (Å²) in [6, 6.07) is 13.7. The number of nitrogens with zero attached hydrogens (tertiary/aromatic N) is 2. The van der Waals surface area contributed by atoms with Gasteiger partial charge in [-0.25, -0.2) is 18.4 Å². The number of hydrogen-bond donors (Lipinski definition) is 4. The van der Waals surface area contributed by atoms with Crippen LogP contribution in [-0.2, 0) is 0 Å². The number of nitrogens with one attached hydrogen (secondary N) is 3. The third-order valence-corrected chi connectivity index (χ3v) is 6.94. The van der Waals surface area contributed by atoms with Crippen molar-refractivity contribution >= 4 is 35.0 Å². The number of rotatable bonds is 7. The zero-order chi connectivity index (χ0) is 30.4. The summed E-state index contributed by atoms with van der Waals surface area (Å²) in [6.07, 6.45) is -0.641. The number of hydrogen-bond acceptors (Lipinski definition) is 5. The van der Waals surface area contributed by atoms with Crippen molar-refractivity contribution in [1.29, 1.82) is 0 Å². The molecule has 0 fully saturated rings. The summed E-state index contributed by atoms with van der Waals surface area (Å²) in [5.41, 5.74) is 1.14. The van der Waals surface area contributed by atoms with E-state index in [1.165, 1.54) is 53.4 Å². The summed E-state index contributed by atoms with van der Waals surface area (Å²) < 4.78 is 32.9. The highest BCUT2D eigenvalue weighted by Crippen LogP contribution is 2.35. The first-order valence-electron chi connectivity index (χ1n) is 13.4. The van der Waals surface area contributed by atoms with Gasteiger partial charge >= 0.3 is 12.1 Å². The fourth-order valence-electron chi connectivity index (χ4n) is 4.48. The number of amides is 5. The molecular formula is C30H33F2N5O5. The molecule has 0 unspecified atom stereocenters. The number of likely N-dealkylation sites (N-methyl/N-ethyl adjacent to an activating group) is 1. The van der Waals surface area contributed by atoms with Gasteiger partial charge < -0.3 is 35.6 Å². The van der Waals surface area contributed by atoms with E-state index in [0.717, 1.165) is 0 Å². The fourth-order valence-corrected chi connectivity index (χ4v) is 4.48. The smallest absolute Gasteiger partial charge is 0.323 e. The molecule has 0 bridgehead atoms. The maximum absolute atomic E-state index is 13.6. The lowest BCUT2D eigenvalue weighted by Gasteiger charge is -2.38. The Bertz CT molecular complexity index is 1420. The molecule has 0 radical (unpaired) electrons. The summed E-state index contributed by atoms with van der Waals surface area (Å²) in [7, 11) is 1.58. The van der Waals surface area contributed by atoms with Gasteiger partial charge in [0.1, 0.15) is 17.7 Å². The van der Waals surface area contributed by atoms with Crippen LogP contribution in [-0.4, -0.2) is 71.8 Å². The lowest BCUT2D eigenvalue weighted by Crippen LogP contribution is -2.50. The Hall–Kier alpha value is -4.71. The third-order valence-electron chi connectivity index (χ3n) is 6.94. The zero-order valence-corrected chi connectivity index (χ0v) is 23.4. The quantitative estimate of drug-likeness (QED) is 0.313. The van der Waals surface area contributed by atoms with Crippen molar-refractivity contribution in [3.63, 3.8) is 0 Å². The number of benzene rings is 3. The molecule has 0 spiro atoms. The lowest BCUT2D eigenvalue weighted by atomic mass is 9.99. The summed E-state index contributed by atoms with van der Waals surface area (Å²) in [5.74, 6) is -1.46. The third kappa shape index (κ3) is 7.32. The topological polar surface area (TPSA) is 123 Å². The van der Waals surface area contributed by atoms with Crippen LogP contribution in [0.15, 0.2) is 66.7 Å². The standard InChI is InChI=1S/C30H33F2N5O5/c1-18-15-37(19(2)17-38)28(39)24-5-4-6-25(35-29(40)33-22-11-7-20(31)8-12-22)27(24)42-26(18)16-36(3)30(41)34-23-13-9-21(32)10-14-23/h4-14,18-19,26,38H,15-17H2,1-3H3,(H,34,41)(H2,33,35,40)/t18-,19+,26-/m0/s1. The molecule has 5 amide bonds. The minimum Gasteiger partial charge on any atom is -0.485 e. The molecule has 3 aromatic rings. The monoisotopic (exact) mass is 581 g/mol. The number of urea groups is 2. The van der Waals surface area contributed by atoms with Gasteiger partial charge in [-0.05, 0) is 67.6 Å². The minimum absolute atomic E-state index is 0.0965. The average Bonchev–Trinajstić information content (AvgIpc) is 2.97. The van der Waals surface area contributed by atoms with Crippen molar-refractivity contribution < 1.29 is 33.0 Å². The molecule has 0 saturated heterocycles. The van der Waals surface area contributed by atoms with Crippen LogP contribution in [0.1, 0.15) is 24.2 Å². The van der Waals surface area contributed by atoms with Gasteiger partial charge in [-0.3, -0.25) is 4.79 Å². The molecule has 222 valence electrons. The van der Waals surface area contributed by atoms with Crippen molar-refractivity contribution in [2.24, 2.45) is 5.92 Å². The Balaban J connectivity index is 1.61. The maximum atomic E-state index is 13.6. The highest BCUT2D eigenvalue weighted by Gasteiger charge is 2.35. The van der Waals surface area contributed by atoms with E-state index in [-0.39, 0.29) is 48.5 Å². The number of ether oxygens (including phenoxy) is 1. The maximum Gasteiger partial charge on any atom is 0.323 e. The molecular weight excluding hydrogens is 548 g/mol. The molecule has 3 aromatic carbocycles. The SMILES string of the molecule is C[C@H](CO)N1C[C@H](C)[C@H](CN(C)C(=O)Nc2ccc(F)cc2)Oc2c(NC(=O)Nc3ccc(F)cc3)cccc2C1=O. The van der Waals surface area contributed by atoms with E-state index in [1.807, 2.05) is 6.92 Å². The van der Waals surface area contributed by atoms with Gasteiger partial charge in [0.05, 0.1) is 30.4 Å². The van der Waals surface area contributed by atoms with Crippen LogP contribution < -0.4 is 20.7 Å². The lowest BCUT2D eigenvalue weighted by molar-refractivity contribution is 0.0373. The number of aliphatic hydroxyl groups excluding tert-OH is 1. The van der Waals surface area contributed by atoms with Crippen LogP contribution in [0.5, 0.6) is 5.75 Å². The van der Waals surface area contributed by atoms with E-state index in [9.17, 15) is 28.3 Å². The Kier molecular flexibility index (Phi) is 9.58. The normalized spacial score (nSPS) is 17.2. The predicted molar refractivity (Wildman–Crippen MR) is 155 cm³/mol. The van der Waals surface area contributed by atoms with Gasteiger partial charge in [0, 0.05) is 30.9 Å². The Morgan fingerprint density at radius 2 is 1.60 bits per heavy atom. The van der Waals surface area contributed by atoms with E-state index >= 15 is 0 Å². The van der Waals surface area contributed by atoms with Crippen molar-refractivity contribution in [3.05, 3.63) is 83.9 Å². The summed E-state index contributed by atoms with van der Waals surface area (Å²) in [4.78, 5) is 42.3.